The Morgan fingerprint density at radius 3 is 2.17 bits per heavy atom. The Hall–Kier alpha value is -1.22. The zero-order chi connectivity index (χ0) is 9.56. The number of hydrogen-bond donors (Lipinski definition) is 3. The second-order valence-corrected chi connectivity index (χ2v) is 1.97. The normalized spacial score (nSPS) is 8.58. The maximum atomic E-state index is 8.97. The minimum absolute atomic E-state index is 0.00491. The number of phenols is 2. The SMILES string of the molecule is CC.OCc1ccc(O)cc1O. The molecule has 0 saturated heterocycles. The third-order valence-corrected chi connectivity index (χ3v) is 1.24. The first kappa shape index (κ1) is 10.8. The Morgan fingerprint density at radius 2 is 1.75 bits per heavy atom. The molecule has 3 heteroatoms. The molecule has 0 amide bonds. The van der Waals surface area contributed by atoms with Gasteiger partial charge >= 0.3 is 0 Å². The summed E-state index contributed by atoms with van der Waals surface area (Å²) in [5, 5.41) is 26.3. The van der Waals surface area contributed by atoms with Crippen molar-refractivity contribution in [2.45, 2.75) is 20.5 Å². The first-order valence-corrected chi connectivity index (χ1v) is 3.86. The Morgan fingerprint density at radius 1 is 1.17 bits per heavy atom. The van der Waals surface area contributed by atoms with Crippen LogP contribution in [0.1, 0.15) is 19.4 Å². The van der Waals surface area contributed by atoms with Gasteiger partial charge in [0, 0.05) is 11.6 Å². The van der Waals surface area contributed by atoms with Gasteiger partial charge in [0.05, 0.1) is 6.61 Å². The van der Waals surface area contributed by atoms with Gasteiger partial charge < -0.3 is 15.3 Å². The van der Waals surface area contributed by atoms with E-state index in [-0.39, 0.29) is 18.1 Å². The van der Waals surface area contributed by atoms with Gasteiger partial charge in [0.15, 0.2) is 0 Å². The molecule has 0 spiro atoms. The summed E-state index contributed by atoms with van der Waals surface area (Å²) < 4.78 is 0. The molecule has 0 radical (unpaired) electrons. The summed E-state index contributed by atoms with van der Waals surface area (Å²) in [5.41, 5.74) is 0.415. The molecule has 0 fully saturated rings. The van der Waals surface area contributed by atoms with Gasteiger partial charge in [-0.25, -0.2) is 0 Å². The Bertz CT molecular complexity index is 233. The van der Waals surface area contributed by atoms with Crippen LogP contribution in [0.25, 0.3) is 0 Å². The van der Waals surface area contributed by atoms with Crippen LogP contribution >= 0.6 is 0 Å². The largest absolute Gasteiger partial charge is 0.508 e. The molecule has 0 heterocycles. The third-order valence-electron chi connectivity index (χ3n) is 1.24. The van der Waals surface area contributed by atoms with E-state index in [9.17, 15) is 0 Å². The fourth-order valence-electron chi connectivity index (χ4n) is 0.686. The zero-order valence-corrected chi connectivity index (χ0v) is 7.28. The van der Waals surface area contributed by atoms with Crippen molar-refractivity contribution in [1.82, 2.24) is 0 Å². The summed E-state index contributed by atoms with van der Waals surface area (Å²) in [7, 11) is 0. The Kier molecular flexibility index (Phi) is 4.88. The van der Waals surface area contributed by atoms with Crippen molar-refractivity contribution in [3.05, 3.63) is 23.8 Å². The highest BCUT2D eigenvalue weighted by molar-refractivity contribution is 5.38. The van der Waals surface area contributed by atoms with E-state index in [1.165, 1.54) is 18.2 Å². The first-order chi connectivity index (χ1) is 5.74. The summed E-state index contributed by atoms with van der Waals surface area (Å²) >= 11 is 0. The molecule has 1 rings (SSSR count). The molecule has 1 aromatic carbocycles. The molecule has 1 aromatic rings. The van der Waals surface area contributed by atoms with E-state index in [1.54, 1.807) is 0 Å². The second kappa shape index (κ2) is 5.43. The van der Waals surface area contributed by atoms with Gasteiger partial charge in [-0.3, -0.25) is 0 Å². The number of aliphatic hydroxyl groups is 1. The van der Waals surface area contributed by atoms with Crippen molar-refractivity contribution in [1.29, 1.82) is 0 Å². The van der Waals surface area contributed by atoms with E-state index < -0.39 is 0 Å². The van der Waals surface area contributed by atoms with Gasteiger partial charge in [0.25, 0.3) is 0 Å². The van der Waals surface area contributed by atoms with E-state index in [0.29, 0.717) is 5.56 Å². The van der Waals surface area contributed by atoms with Gasteiger partial charge in [0.2, 0.25) is 0 Å². The zero-order valence-electron chi connectivity index (χ0n) is 7.28. The second-order valence-electron chi connectivity index (χ2n) is 1.97. The Labute approximate surface area is 71.9 Å². The van der Waals surface area contributed by atoms with Crippen LogP contribution in [0.3, 0.4) is 0 Å². The van der Waals surface area contributed by atoms with Gasteiger partial charge in [0.1, 0.15) is 11.5 Å². The van der Waals surface area contributed by atoms with E-state index in [1.807, 2.05) is 13.8 Å². The number of hydrogen-bond acceptors (Lipinski definition) is 3. The Balaban J connectivity index is 0.000000561. The molecule has 0 aliphatic heterocycles. The van der Waals surface area contributed by atoms with Gasteiger partial charge in [-0.05, 0) is 12.1 Å². The molecule has 0 aromatic heterocycles. The van der Waals surface area contributed by atoms with Crippen LogP contribution in [-0.4, -0.2) is 15.3 Å². The average molecular weight is 170 g/mol. The standard InChI is InChI=1S/C7H8O3.C2H6/c8-4-5-1-2-6(9)3-7(5)10;1-2/h1-3,8-10H,4H2;1-2H3. The molecule has 0 aliphatic carbocycles. The maximum Gasteiger partial charge on any atom is 0.124 e. The minimum Gasteiger partial charge on any atom is -0.508 e. The van der Waals surface area contributed by atoms with Crippen LogP contribution in [0, 0.1) is 0 Å². The maximum absolute atomic E-state index is 8.97. The number of benzene rings is 1. The van der Waals surface area contributed by atoms with Crippen LogP contribution in [0.15, 0.2) is 18.2 Å². The summed E-state index contributed by atoms with van der Waals surface area (Å²) in [6.07, 6.45) is 0. The summed E-state index contributed by atoms with van der Waals surface area (Å²) in [6.45, 7) is 3.78. The van der Waals surface area contributed by atoms with Crippen molar-refractivity contribution in [3.8, 4) is 11.5 Å². The quantitative estimate of drug-likeness (QED) is 0.600. The summed E-state index contributed by atoms with van der Waals surface area (Å²) in [5.74, 6) is -0.0859. The van der Waals surface area contributed by atoms with Crippen molar-refractivity contribution >= 4 is 0 Å². The smallest absolute Gasteiger partial charge is 0.124 e. The fraction of sp³-hybridized carbons (Fsp3) is 0.333. The van der Waals surface area contributed by atoms with E-state index in [4.69, 9.17) is 15.3 Å². The van der Waals surface area contributed by atoms with Crippen molar-refractivity contribution in [3.63, 3.8) is 0 Å². The molecule has 3 nitrogen and oxygen atoms in total. The molecule has 0 bridgehead atoms. The monoisotopic (exact) mass is 170 g/mol. The van der Waals surface area contributed by atoms with Crippen molar-refractivity contribution in [2.24, 2.45) is 0 Å². The van der Waals surface area contributed by atoms with Gasteiger partial charge in [-0.2, -0.15) is 0 Å². The highest BCUT2D eigenvalue weighted by Crippen LogP contribution is 2.21. The molecule has 3 N–H and O–H groups in total. The summed E-state index contributed by atoms with van der Waals surface area (Å²) in [6, 6.07) is 4.06. The molecular formula is C9H14O3. The molecule has 0 aliphatic rings. The van der Waals surface area contributed by atoms with Gasteiger partial charge in [-0.1, -0.05) is 13.8 Å². The van der Waals surface area contributed by atoms with Crippen LogP contribution in [0.2, 0.25) is 0 Å². The predicted octanol–water partition coefficient (Wildman–Crippen LogP) is 1.62. The lowest BCUT2D eigenvalue weighted by Crippen LogP contribution is -1.82. The number of phenolic OH excluding ortho intramolecular Hbond substituents is 1. The summed E-state index contributed by atoms with van der Waals surface area (Å²) in [4.78, 5) is 0. The third kappa shape index (κ3) is 2.80. The van der Waals surface area contributed by atoms with E-state index in [2.05, 4.69) is 0 Å². The van der Waals surface area contributed by atoms with E-state index >= 15 is 0 Å². The van der Waals surface area contributed by atoms with Crippen LogP contribution < -0.4 is 0 Å². The molecular weight excluding hydrogens is 156 g/mol. The number of rotatable bonds is 1. The topological polar surface area (TPSA) is 60.7 Å². The van der Waals surface area contributed by atoms with Crippen molar-refractivity contribution < 1.29 is 15.3 Å². The number of aromatic hydroxyl groups is 2. The van der Waals surface area contributed by atoms with Crippen LogP contribution in [0.4, 0.5) is 0 Å². The average Bonchev–Trinajstić information content (AvgIpc) is 2.08. The first-order valence-electron chi connectivity index (χ1n) is 3.86. The lowest BCUT2D eigenvalue weighted by Gasteiger charge is -1.99. The highest BCUT2D eigenvalue weighted by atomic mass is 16.3. The fourth-order valence-corrected chi connectivity index (χ4v) is 0.686. The molecule has 0 atom stereocenters. The van der Waals surface area contributed by atoms with Crippen LogP contribution in [0.5, 0.6) is 11.5 Å². The highest BCUT2D eigenvalue weighted by Gasteiger charge is 1.98. The molecule has 68 valence electrons. The molecule has 12 heavy (non-hydrogen) atoms. The van der Waals surface area contributed by atoms with Gasteiger partial charge in [-0.15, -0.1) is 0 Å². The molecule has 0 unspecified atom stereocenters. The number of aliphatic hydroxyl groups excluding tert-OH is 1. The molecule has 0 saturated carbocycles. The van der Waals surface area contributed by atoms with Crippen molar-refractivity contribution in [2.75, 3.05) is 0 Å². The van der Waals surface area contributed by atoms with Crippen LogP contribution in [-0.2, 0) is 6.61 Å². The predicted molar refractivity (Wildman–Crippen MR) is 47.0 cm³/mol. The van der Waals surface area contributed by atoms with E-state index in [0.717, 1.165) is 0 Å². The minimum atomic E-state index is -0.216. The lowest BCUT2D eigenvalue weighted by atomic mass is 10.2. The lowest BCUT2D eigenvalue weighted by molar-refractivity contribution is 0.275.